The van der Waals surface area contributed by atoms with Crippen LogP contribution in [0.1, 0.15) is 11.3 Å². The maximum Gasteiger partial charge on any atom is 0.248 e. The highest BCUT2D eigenvalue weighted by molar-refractivity contribution is 5.76. The third-order valence-electron chi connectivity index (χ3n) is 2.50. The first-order valence-corrected chi connectivity index (χ1v) is 5.14. The highest BCUT2D eigenvalue weighted by Crippen LogP contribution is 2.25. The van der Waals surface area contributed by atoms with Gasteiger partial charge < -0.3 is 10.7 Å². The molecule has 0 aliphatic heterocycles. The zero-order valence-corrected chi connectivity index (χ0v) is 9.37. The molecule has 2 aromatic rings. The number of aromatic amines is 1. The monoisotopic (exact) mass is 214 g/mol. The first-order chi connectivity index (χ1) is 7.56. The van der Waals surface area contributed by atoms with E-state index >= 15 is 0 Å². The van der Waals surface area contributed by atoms with Gasteiger partial charge in [-0.2, -0.15) is 0 Å². The number of hydrogen-bond donors (Lipinski definition) is 2. The SMILES string of the molecule is Cc1ccc(-c2cc(C)[nH]c(=O)c2)c(N)c1. The van der Waals surface area contributed by atoms with Gasteiger partial charge in [0.05, 0.1) is 0 Å². The normalized spacial score (nSPS) is 10.4. The van der Waals surface area contributed by atoms with Gasteiger partial charge in [-0.05, 0) is 37.1 Å². The third kappa shape index (κ3) is 1.98. The molecule has 0 aliphatic rings. The lowest BCUT2D eigenvalue weighted by atomic mass is 10.0. The van der Waals surface area contributed by atoms with E-state index in [9.17, 15) is 4.79 Å². The molecule has 3 N–H and O–H groups in total. The highest BCUT2D eigenvalue weighted by atomic mass is 16.1. The average Bonchev–Trinajstić information content (AvgIpc) is 2.15. The van der Waals surface area contributed by atoms with Crippen molar-refractivity contribution in [2.45, 2.75) is 13.8 Å². The van der Waals surface area contributed by atoms with Crippen molar-refractivity contribution in [2.24, 2.45) is 0 Å². The maximum atomic E-state index is 11.4. The molecule has 0 fully saturated rings. The standard InChI is InChI=1S/C13H14N2O/c1-8-3-4-11(12(14)5-8)10-6-9(2)15-13(16)7-10/h3-7H,14H2,1-2H3,(H,15,16). The number of nitrogen functional groups attached to an aromatic ring is 1. The van der Waals surface area contributed by atoms with Gasteiger partial charge in [0.2, 0.25) is 5.56 Å². The molecule has 0 saturated heterocycles. The zero-order valence-electron chi connectivity index (χ0n) is 9.37. The number of nitrogens with two attached hydrogens (primary N) is 1. The Balaban J connectivity index is 2.63. The minimum atomic E-state index is -0.102. The molecule has 0 saturated carbocycles. The predicted octanol–water partition coefficient (Wildman–Crippen LogP) is 2.24. The molecule has 1 aromatic heterocycles. The average molecular weight is 214 g/mol. The first-order valence-electron chi connectivity index (χ1n) is 5.14. The molecule has 1 heterocycles. The molecule has 0 amide bonds. The minimum absolute atomic E-state index is 0.102. The van der Waals surface area contributed by atoms with Crippen molar-refractivity contribution in [1.29, 1.82) is 0 Å². The van der Waals surface area contributed by atoms with E-state index in [1.165, 1.54) is 0 Å². The summed E-state index contributed by atoms with van der Waals surface area (Å²) in [5.74, 6) is 0. The lowest BCUT2D eigenvalue weighted by molar-refractivity contribution is 1.14. The maximum absolute atomic E-state index is 11.4. The van der Waals surface area contributed by atoms with E-state index in [1.807, 2.05) is 38.1 Å². The van der Waals surface area contributed by atoms with Gasteiger partial charge in [0.1, 0.15) is 0 Å². The molecule has 3 nitrogen and oxygen atoms in total. The topological polar surface area (TPSA) is 58.9 Å². The van der Waals surface area contributed by atoms with Crippen molar-refractivity contribution in [2.75, 3.05) is 5.73 Å². The number of rotatable bonds is 1. The fourth-order valence-corrected chi connectivity index (χ4v) is 1.78. The van der Waals surface area contributed by atoms with Crippen molar-refractivity contribution >= 4 is 5.69 Å². The molecule has 2 rings (SSSR count). The number of aryl methyl sites for hydroxylation is 2. The zero-order chi connectivity index (χ0) is 11.7. The lowest BCUT2D eigenvalue weighted by Gasteiger charge is -2.07. The van der Waals surface area contributed by atoms with E-state index in [2.05, 4.69) is 4.98 Å². The number of H-pyrrole nitrogens is 1. The highest BCUT2D eigenvalue weighted by Gasteiger charge is 2.04. The summed E-state index contributed by atoms with van der Waals surface area (Å²) in [4.78, 5) is 14.1. The molecular weight excluding hydrogens is 200 g/mol. The number of nitrogens with one attached hydrogen (secondary N) is 1. The van der Waals surface area contributed by atoms with Crippen LogP contribution < -0.4 is 11.3 Å². The van der Waals surface area contributed by atoms with E-state index < -0.39 is 0 Å². The van der Waals surface area contributed by atoms with Gasteiger partial charge in [-0.1, -0.05) is 12.1 Å². The Labute approximate surface area is 93.9 Å². The molecule has 0 spiro atoms. The van der Waals surface area contributed by atoms with Gasteiger partial charge in [0.15, 0.2) is 0 Å². The fourth-order valence-electron chi connectivity index (χ4n) is 1.78. The van der Waals surface area contributed by atoms with Crippen molar-refractivity contribution in [3.63, 3.8) is 0 Å². The predicted molar refractivity (Wildman–Crippen MR) is 66.4 cm³/mol. The van der Waals surface area contributed by atoms with Gasteiger partial charge in [-0.3, -0.25) is 4.79 Å². The number of hydrogen-bond acceptors (Lipinski definition) is 2. The lowest BCUT2D eigenvalue weighted by Crippen LogP contribution is -2.06. The van der Waals surface area contributed by atoms with E-state index in [4.69, 9.17) is 5.73 Å². The van der Waals surface area contributed by atoms with Crippen LogP contribution in [-0.2, 0) is 0 Å². The largest absolute Gasteiger partial charge is 0.398 e. The summed E-state index contributed by atoms with van der Waals surface area (Å²) in [5.41, 5.74) is 10.3. The van der Waals surface area contributed by atoms with Crippen molar-refractivity contribution in [1.82, 2.24) is 4.98 Å². The second-order valence-corrected chi connectivity index (χ2v) is 4.01. The van der Waals surface area contributed by atoms with Crippen molar-refractivity contribution < 1.29 is 0 Å². The molecule has 82 valence electrons. The Kier molecular flexibility index (Phi) is 2.52. The molecule has 0 atom stereocenters. The van der Waals surface area contributed by atoms with Crippen LogP contribution in [0.5, 0.6) is 0 Å². The van der Waals surface area contributed by atoms with Crippen LogP contribution in [0.15, 0.2) is 35.1 Å². The summed E-state index contributed by atoms with van der Waals surface area (Å²) in [6.45, 7) is 3.85. The van der Waals surface area contributed by atoms with Crippen LogP contribution in [-0.4, -0.2) is 4.98 Å². The van der Waals surface area contributed by atoms with E-state index in [1.54, 1.807) is 6.07 Å². The molecule has 0 radical (unpaired) electrons. The van der Waals surface area contributed by atoms with Crippen molar-refractivity contribution in [3.8, 4) is 11.1 Å². The van der Waals surface area contributed by atoms with E-state index in [0.29, 0.717) is 5.69 Å². The Morgan fingerprint density at radius 3 is 2.50 bits per heavy atom. The fraction of sp³-hybridized carbons (Fsp3) is 0.154. The number of aromatic nitrogens is 1. The number of anilines is 1. The van der Waals surface area contributed by atoms with Gasteiger partial charge in [-0.25, -0.2) is 0 Å². The molecule has 3 heteroatoms. The van der Waals surface area contributed by atoms with Gasteiger partial charge in [0, 0.05) is 23.0 Å². The Morgan fingerprint density at radius 1 is 1.12 bits per heavy atom. The van der Waals surface area contributed by atoms with Gasteiger partial charge in [-0.15, -0.1) is 0 Å². The van der Waals surface area contributed by atoms with E-state index in [-0.39, 0.29) is 5.56 Å². The van der Waals surface area contributed by atoms with Crippen LogP contribution >= 0.6 is 0 Å². The van der Waals surface area contributed by atoms with Crippen LogP contribution in [0, 0.1) is 13.8 Å². The minimum Gasteiger partial charge on any atom is -0.398 e. The van der Waals surface area contributed by atoms with Crippen LogP contribution in [0.2, 0.25) is 0 Å². The second kappa shape index (κ2) is 3.85. The van der Waals surface area contributed by atoms with E-state index in [0.717, 1.165) is 22.4 Å². The number of benzene rings is 1. The summed E-state index contributed by atoms with van der Waals surface area (Å²) in [6.07, 6.45) is 0. The first kappa shape index (κ1) is 10.5. The van der Waals surface area contributed by atoms with Crippen LogP contribution in [0.25, 0.3) is 11.1 Å². The van der Waals surface area contributed by atoms with Crippen LogP contribution in [0.4, 0.5) is 5.69 Å². The van der Waals surface area contributed by atoms with Crippen molar-refractivity contribution in [3.05, 3.63) is 51.9 Å². The molecule has 0 aliphatic carbocycles. The molecule has 0 bridgehead atoms. The van der Waals surface area contributed by atoms with Gasteiger partial charge in [0.25, 0.3) is 0 Å². The Morgan fingerprint density at radius 2 is 1.88 bits per heavy atom. The van der Waals surface area contributed by atoms with Crippen LogP contribution in [0.3, 0.4) is 0 Å². The molecule has 0 unspecified atom stereocenters. The molecule has 16 heavy (non-hydrogen) atoms. The Bertz CT molecular complexity index is 585. The molecule has 1 aromatic carbocycles. The van der Waals surface area contributed by atoms with Gasteiger partial charge >= 0.3 is 0 Å². The summed E-state index contributed by atoms with van der Waals surface area (Å²) in [6, 6.07) is 9.32. The quantitative estimate of drug-likeness (QED) is 0.715. The summed E-state index contributed by atoms with van der Waals surface area (Å²) in [5, 5.41) is 0. The summed E-state index contributed by atoms with van der Waals surface area (Å²) in [7, 11) is 0. The second-order valence-electron chi connectivity index (χ2n) is 4.01. The smallest absolute Gasteiger partial charge is 0.248 e. The Hall–Kier alpha value is -2.03. The summed E-state index contributed by atoms with van der Waals surface area (Å²) < 4.78 is 0. The number of pyridine rings is 1. The third-order valence-corrected chi connectivity index (χ3v) is 2.50. The summed E-state index contributed by atoms with van der Waals surface area (Å²) >= 11 is 0. The molecular formula is C13H14N2O.